The van der Waals surface area contributed by atoms with Crippen molar-refractivity contribution in [3.05, 3.63) is 99.6 Å². The summed E-state index contributed by atoms with van der Waals surface area (Å²) >= 11 is 0. The van der Waals surface area contributed by atoms with Crippen molar-refractivity contribution in [3.63, 3.8) is 0 Å². The molecular formula is C37H40N2O5. The molecular weight excluding hydrogens is 552 g/mol. The largest absolute Gasteiger partial charge is 0.289 e. The molecule has 0 bridgehead atoms. The third-order valence-corrected chi connectivity index (χ3v) is 9.77. The Morgan fingerprint density at radius 3 is 1.75 bits per heavy atom. The van der Waals surface area contributed by atoms with Crippen LogP contribution in [-0.2, 0) is 5.41 Å². The van der Waals surface area contributed by atoms with Crippen LogP contribution in [0, 0.1) is 0 Å². The lowest BCUT2D eigenvalue weighted by Gasteiger charge is -2.36. The Labute approximate surface area is 259 Å². The van der Waals surface area contributed by atoms with Gasteiger partial charge in [-0.05, 0) is 80.0 Å². The molecule has 2 atom stereocenters. The first-order chi connectivity index (χ1) is 20.9. The molecule has 5 rings (SSSR count). The number of anilines is 1. The van der Waals surface area contributed by atoms with E-state index in [4.69, 9.17) is 0 Å². The van der Waals surface area contributed by atoms with E-state index < -0.39 is 29.0 Å². The highest BCUT2D eigenvalue weighted by molar-refractivity contribution is 6.35. The maximum Gasteiger partial charge on any atom is 0.266 e. The van der Waals surface area contributed by atoms with Gasteiger partial charge in [0.15, 0.2) is 5.78 Å². The Hall–Kier alpha value is -4.39. The van der Waals surface area contributed by atoms with Crippen molar-refractivity contribution in [2.24, 2.45) is 0 Å². The standard InChI is InChI=1S/C37H40N2O5/c1-7-18-36(5,9-3)25-12-11-13-26(22-25)38-32(41)27-16-14-23(20-29(27)33(38)42)31(40)24-15-17-28-30(21-24)35(44)39(34(28)43)37(6,10-4)19-8-2/h11-17,20-22H,7-10,18-19H2,1-6H3. The Morgan fingerprint density at radius 2 is 1.18 bits per heavy atom. The monoisotopic (exact) mass is 592 g/mol. The Kier molecular flexibility index (Phi) is 8.19. The van der Waals surface area contributed by atoms with Gasteiger partial charge in [0, 0.05) is 16.7 Å². The average molecular weight is 593 g/mol. The summed E-state index contributed by atoms with van der Waals surface area (Å²) in [6, 6.07) is 16.6. The van der Waals surface area contributed by atoms with Crippen molar-refractivity contribution in [2.75, 3.05) is 4.90 Å². The minimum absolute atomic E-state index is 0.0763. The lowest BCUT2D eigenvalue weighted by molar-refractivity contribution is 0.0424. The van der Waals surface area contributed by atoms with Crippen molar-refractivity contribution >= 4 is 35.1 Å². The average Bonchev–Trinajstić information content (AvgIpc) is 3.44. The molecule has 0 radical (unpaired) electrons. The quantitative estimate of drug-likeness (QED) is 0.168. The maximum atomic E-state index is 13.6. The Balaban J connectivity index is 1.44. The van der Waals surface area contributed by atoms with E-state index in [0.717, 1.165) is 31.2 Å². The lowest BCUT2D eigenvalue weighted by atomic mass is 9.76. The number of hydrogen-bond donors (Lipinski definition) is 0. The van der Waals surface area contributed by atoms with Crippen molar-refractivity contribution in [3.8, 4) is 0 Å². The van der Waals surface area contributed by atoms with Crippen molar-refractivity contribution in [1.29, 1.82) is 0 Å². The maximum absolute atomic E-state index is 13.6. The molecule has 3 aromatic carbocycles. The van der Waals surface area contributed by atoms with E-state index in [-0.39, 0.29) is 44.7 Å². The molecule has 2 heterocycles. The Morgan fingerprint density at radius 1 is 0.636 bits per heavy atom. The Bertz CT molecular complexity index is 1710. The van der Waals surface area contributed by atoms with Gasteiger partial charge in [-0.3, -0.25) is 28.9 Å². The fraction of sp³-hybridized carbons (Fsp3) is 0.378. The fourth-order valence-electron chi connectivity index (χ4n) is 6.74. The van der Waals surface area contributed by atoms with Crippen LogP contribution < -0.4 is 4.90 Å². The number of rotatable bonds is 11. The van der Waals surface area contributed by atoms with E-state index in [2.05, 4.69) is 20.8 Å². The zero-order valence-electron chi connectivity index (χ0n) is 26.5. The summed E-state index contributed by atoms with van der Waals surface area (Å²) in [6.07, 6.45) is 5.05. The summed E-state index contributed by atoms with van der Waals surface area (Å²) in [4.78, 5) is 69.9. The van der Waals surface area contributed by atoms with Gasteiger partial charge in [-0.1, -0.05) is 71.7 Å². The summed E-state index contributed by atoms with van der Waals surface area (Å²) < 4.78 is 0. The predicted octanol–water partition coefficient (Wildman–Crippen LogP) is 7.75. The van der Waals surface area contributed by atoms with Gasteiger partial charge in [0.05, 0.1) is 27.9 Å². The molecule has 2 unspecified atom stereocenters. The summed E-state index contributed by atoms with van der Waals surface area (Å²) in [5.74, 6) is -2.06. The van der Waals surface area contributed by atoms with Crippen LogP contribution in [0.2, 0.25) is 0 Å². The van der Waals surface area contributed by atoms with Gasteiger partial charge in [0.1, 0.15) is 0 Å². The topological polar surface area (TPSA) is 91.8 Å². The molecule has 0 spiro atoms. The number of benzene rings is 3. The molecule has 0 fully saturated rings. The number of ketones is 1. The number of hydrogen-bond acceptors (Lipinski definition) is 5. The van der Waals surface area contributed by atoms with Gasteiger partial charge in [-0.2, -0.15) is 0 Å². The van der Waals surface area contributed by atoms with E-state index in [9.17, 15) is 24.0 Å². The van der Waals surface area contributed by atoms with E-state index >= 15 is 0 Å². The van der Waals surface area contributed by atoms with Gasteiger partial charge >= 0.3 is 0 Å². The van der Waals surface area contributed by atoms with Gasteiger partial charge in [-0.25, -0.2) is 4.90 Å². The molecule has 0 aromatic heterocycles. The first kappa shape index (κ1) is 31.0. The first-order valence-electron chi connectivity index (χ1n) is 15.7. The second-order valence-electron chi connectivity index (χ2n) is 12.6. The van der Waals surface area contributed by atoms with E-state index in [1.807, 2.05) is 39.0 Å². The molecule has 2 aliphatic rings. The molecule has 3 aromatic rings. The summed E-state index contributed by atoms with van der Waals surface area (Å²) in [5.41, 5.74) is 2.23. The van der Waals surface area contributed by atoms with Crippen molar-refractivity contribution in [2.45, 2.75) is 91.0 Å². The predicted molar refractivity (Wildman–Crippen MR) is 171 cm³/mol. The van der Waals surface area contributed by atoms with Crippen LogP contribution in [0.4, 0.5) is 5.69 Å². The molecule has 0 saturated heterocycles. The van der Waals surface area contributed by atoms with Crippen LogP contribution in [0.25, 0.3) is 0 Å². The lowest BCUT2D eigenvalue weighted by Crippen LogP contribution is -2.49. The minimum Gasteiger partial charge on any atom is -0.289 e. The van der Waals surface area contributed by atoms with E-state index in [1.54, 1.807) is 6.07 Å². The van der Waals surface area contributed by atoms with Crippen LogP contribution in [0.5, 0.6) is 0 Å². The molecule has 2 aliphatic heterocycles. The number of carbonyl (C=O) groups is 5. The van der Waals surface area contributed by atoms with Crippen LogP contribution in [0.3, 0.4) is 0 Å². The zero-order chi connectivity index (χ0) is 32.0. The molecule has 44 heavy (non-hydrogen) atoms. The third kappa shape index (κ3) is 4.88. The van der Waals surface area contributed by atoms with Gasteiger partial charge in [0.25, 0.3) is 23.6 Å². The summed E-state index contributed by atoms with van der Waals surface area (Å²) in [5, 5.41) is 0. The van der Waals surface area contributed by atoms with E-state index in [0.29, 0.717) is 18.5 Å². The molecule has 4 amide bonds. The van der Waals surface area contributed by atoms with Gasteiger partial charge < -0.3 is 0 Å². The number of nitrogens with zero attached hydrogens (tertiary/aromatic N) is 2. The molecule has 228 valence electrons. The molecule has 0 saturated carbocycles. The highest BCUT2D eigenvalue weighted by atomic mass is 16.2. The minimum atomic E-state index is -0.616. The van der Waals surface area contributed by atoms with Crippen LogP contribution in [0.15, 0.2) is 60.7 Å². The van der Waals surface area contributed by atoms with Crippen LogP contribution in [-0.4, -0.2) is 39.9 Å². The van der Waals surface area contributed by atoms with Gasteiger partial charge in [-0.15, -0.1) is 0 Å². The zero-order valence-corrected chi connectivity index (χ0v) is 26.5. The summed E-state index contributed by atoms with van der Waals surface area (Å²) in [7, 11) is 0. The number of imide groups is 2. The number of amides is 4. The number of carbonyl (C=O) groups excluding carboxylic acids is 5. The van der Waals surface area contributed by atoms with Crippen LogP contribution >= 0.6 is 0 Å². The third-order valence-electron chi connectivity index (χ3n) is 9.77. The molecule has 0 N–H and O–H groups in total. The summed E-state index contributed by atoms with van der Waals surface area (Å²) in [6.45, 7) is 12.4. The second kappa shape index (κ2) is 11.6. The second-order valence-corrected chi connectivity index (χ2v) is 12.6. The number of fused-ring (bicyclic) bond motifs is 2. The highest BCUT2D eigenvalue weighted by Gasteiger charge is 2.45. The van der Waals surface area contributed by atoms with E-state index in [1.165, 1.54) is 46.2 Å². The SMILES string of the molecule is CCCC(C)(CC)c1cccc(N2C(=O)c3ccc(C(=O)c4ccc5c(c4)C(=O)N(C(C)(CC)CCC)C5=O)cc3C2=O)c1. The normalized spacial score (nSPS) is 17.0. The highest BCUT2D eigenvalue weighted by Crippen LogP contribution is 2.38. The molecule has 7 heteroatoms. The smallest absolute Gasteiger partial charge is 0.266 e. The molecule has 0 aliphatic carbocycles. The first-order valence-corrected chi connectivity index (χ1v) is 15.7. The van der Waals surface area contributed by atoms with Crippen LogP contribution in [0.1, 0.15) is 143 Å². The van der Waals surface area contributed by atoms with Crippen molar-refractivity contribution < 1.29 is 24.0 Å². The van der Waals surface area contributed by atoms with Gasteiger partial charge in [0.2, 0.25) is 0 Å². The fourth-order valence-corrected chi connectivity index (χ4v) is 6.74. The van der Waals surface area contributed by atoms with Crippen molar-refractivity contribution in [1.82, 2.24) is 4.90 Å². The molecule has 7 nitrogen and oxygen atoms in total.